The van der Waals surface area contributed by atoms with Crippen molar-refractivity contribution in [1.29, 1.82) is 0 Å². The summed E-state index contributed by atoms with van der Waals surface area (Å²) in [5.74, 6) is 0.00467. The predicted molar refractivity (Wildman–Crippen MR) is 71.2 cm³/mol. The standard InChI is InChI=1S/C15H19FN2O/c16-13-4-2-1-3-11(13)7-9-18-10-8-14(15(18)19)17-12-5-6-12/h1-4,12,14,17H,5-10H2. The number of carbonyl (C=O) groups excluding carboxylic acids is 1. The van der Waals surface area contributed by atoms with Crippen molar-refractivity contribution < 1.29 is 9.18 Å². The molecule has 0 radical (unpaired) electrons. The fourth-order valence-corrected chi connectivity index (χ4v) is 2.61. The number of nitrogens with zero attached hydrogens (tertiary/aromatic N) is 1. The van der Waals surface area contributed by atoms with Gasteiger partial charge in [0.1, 0.15) is 5.82 Å². The number of halogens is 1. The highest BCUT2D eigenvalue weighted by Crippen LogP contribution is 2.22. The zero-order chi connectivity index (χ0) is 13.2. The van der Waals surface area contributed by atoms with Gasteiger partial charge in [-0.15, -0.1) is 0 Å². The van der Waals surface area contributed by atoms with E-state index in [4.69, 9.17) is 0 Å². The Bertz CT molecular complexity index is 473. The van der Waals surface area contributed by atoms with Gasteiger partial charge in [-0.2, -0.15) is 0 Å². The molecule has 4 heteroatoms. The lowest BCUT2D eigenvalue weighted by Crippen LogP contribution is -2.39. The number of nitrogens with one attached hydrogen (secondary N) is 1. The van der Waals surface area contributed by atoms with E-state index in [-0.39, 0.29) is 17.8 Å². The summed E-state index contributed by atoms with van der Waals surface area (Å²) < 4.78 is 13.5. The van der Waals surface area contributed by atoms with Crippen LogP contribution in [0, 0.1) is 5.82 Å². The second kappa shape index (κ2) is 5.29. The normalized spacial score (nSPS) is 23.1. The summed E-state index contributed by atoms with van der Waals surface area (Å²) in [6.07, 6.45) is 3.86. The molecular formula is C15H19FN2O. The highest BCUT2D eigenvalue weighted by Gasteiger charge is 2.35. The smallest absolute Gasteiger partial charge is 0.239 e. The van der Waals surface area contributed by atoms with Gasteiger partial charge >= 0.3 is 0 Å². The van der Waals surface area contributed by atoms with Crippen LogP contribution in [0.4, 0.5) is 4.39 Å². The Kier molecular flexibility index (Phi) is 3.51. The molecule has 1 unspecified atom stereocenters. The van der Waals surface area contributed by atoms with Crippen molar-refractivity contribution >= 4 is 5.91 Å². The molecule has 0 bridgehead atoms. The van der Waals surface area contributed by atoms with Gasteiger partial charge in [0, 0.05) is 19.1 Å². The molecule has 1 heterocycles. The van der Waals surface area contributed by atoms with Gasteiger partial charge in [0.25, 0.3) is 0 Å². The number of hydrogen-bond acceptors (Lipinski definition) is 2. The van der Waals surface area contributed by atoms with E-state index in [9.17, 15) is 9.18 Å². The van der Waals surface area contributed by atoms with Gasteiger partial charge in [-0.25, -0.2) is 4.39 Å². The molecule has 2 aliphatic rings. The molecule has 1 aromatic rings. The molecule has 1 saturated carbocycles. The van der Waals surface area contributed by atoms with E-state index >= 15 is 0 Å². The highest BCUT2D eigenvalue weighted by molar-refractivity contribution is 5.84. The quantitative estimate of drug-likeness (QED) is 0.876. The number of hydrogen-bond donors (Lipinski definition) is 1. The Morgan fingerprint density at radius 3 is 2.79 bits per heavy atom. The Morgan fingerprint density at radius 2 is 2.05 bits per heavy atom. The monoisotopic (exact) mass is 262 g/mol. The second-order valence-electron chi connectivity index (χ2n) is 5.45. The molecular weight excluding hydrogens is 243 g/mol. The number of carbonyl (C=O) groups is 1. The van der Waals surface area contributed by atoms with Crippen molar-refractivity contribution in [3.05, 3.63) is 35.6 Å². The molecule has 0 spiro atoms. The van der Waals surface area contributed by atoms with Crippen molar-refractivity contribution in [1.82, 2.24) is 10.2 Å². The Balaban J connectivity index is 1.53. The fourth-order valence-electron chi connectivity index (χ4n) is 2.61. The summed E-state index contributed by atoms with van der Waals surface area (Å²) in [4.78, 5) is 14.0. The number of likely N-dealkylation sites (tertiary alicyclic amines) is 1. The molecule has 3 nitrogen and oxygen atoms in total. The van der Waals surface area contributed by atoms with Crippen LogP contribution in [-0.4, -0.2) is 36.0 Å². The summed E-state index contributed by atoms with van der Waals surface area (Å²) in [6.45, 7) is 1.40. The third-order valence-electron chi connectivity index (χ3n) is 3.92. The molecule has 1 aliphatic heterocycles. The van der Waals surface area contributed by atoms with Crippen molar-refractivity contribution in [3.63, 3.8) is 0 Å². The molecule has 2 fully saturated rings. The van der Waals surface area contributed by atoms with Crippen LogP contribution in [0.15, 0.2) is 24.3 Å². The zero-order valence-electron chi connectivity index (χ0n) is 10.9. The molecule has 1 aliphatic carbocycles. The molecule has 1 aromatic carbocycles. The van der Waals surface area contributed by atoms with Gasteiger partial charge in [-0.1, -0.05) is 18.2 Å². The van der Waals surface area contributed by atoms with Crippen molar-refractivity contribution in [2.75, 3.05) is 13.1 Å². The van der Waals surface area contributed by atoms with Gasteiger partial charge in [0.2, 0.25) is 5.91 Å². The van der Waals surface area contributed by atoms with E-state index in [1.165, 1.54) is 18.9 Å². The van der Waals surface area contributed by atoms with Crippen LogP contribution in [0.3, 0.4) is 0 Å². The summed E-state index contributed by atoms with van der Waals surface area (Å²) in [7, 11) is 0. The van der Waals surface area contributed by atoms with Crippen LogP contribution < -0.4 is 5.32 Å². The molecule has 102 valence electrons. The first kappa shape index (κ1) is 12.6. The Hall–Kier alpha value is -1.42. The summed E-state index contributed by atoms with van der Waals surface area (Å²) in [6, 6.07) is 7.33. The van der Waals surface area contributed by atoms with Crippen molar-refractivity contribution in [3.8, 4) is 0 Å². The van der Waals surface area contributed by atoms with Crippen LogP contribution in [-0.2, 0) is 11.2 Å². The van der Waals surface area contributed by atoms with E-state index < -0.39 is 0 Å². The molecule has 1 atom stereocenters. The van der Waals surface area contributed by atoms with Gasteiger partial charge in [0.05, 0.1) is 6.04 Å². The Labute approximate surface area is 112 Å². The van der Waals surface area contributed by atoms with E-state index in [0.717, 1.165) is 13.0 Å². The van der Waals surface area contributed by atoms with Crippen LogP contribution in [0.5, 0.6) is 0 Å². The van der Waals surface area contributed by atoms with Gasteiger partial charge < -0.3 is 10.2 Å². The van der Waals surface area contributed by atoms with Crippen LogP contribution in [0.1, 0.15) is 24.8 Å². The highest BCUT2D eigenvalue weighted by atomic mass is 19.1. The Morgan fingerprint density at radius 1 is 1.26 bits per heavy atom. The van der Waals surface area contributed by atoms with Crippen molar-refractivity contribution in [2.24, 2.45) is 0 Å². The van der Waals surface area contributed by atoms with Crippen LogP contribution in [0.25, 0.3) is 0 Å². The summed E-state index contributed by atoms with van der Waals surface area (Å²) >= 11 is 0. The summed E-state index contributed by atoms with van der Waals surface area (Å²) in [5, 5.41) is 3.38. The van der Waals surface area contributed by atoms with E-state index in [2.05, 4.69) is 5.32 Å². The fraction of sp³-hybridized carbons (Fsp3) is 0.533. The minimum absolute atomic E-state index is 0.00637. The SMILES string of the molecule is O=C1C(NC2CC2)CCN1CCc1ccccc1F. The molecule has 19 heavy (non-hydrogen) atoms. The molecule has 0 aromatic heterocycles. The maximum atomic E-state index is 13.5. The summed E-state index contributed by atoms with van der Waals surface area (Å²) in [5.41, 5.74) is 0.689. The maximum Gasteiger partial charge on any atom is 0.239 e. The molecule has 1 saturated heterocycles. The third-order valence-corrected chi connectivity index (χ3v) is 3.92. The average molecular weight is 262 g/mol. The zero-order valence-corrected chi connectivity index (χ0v) is 10.9. The van der Waals surface area contributed by atoms with Crippen molar-refractivity contribution in [2.45, 2.75) is 37.8 Å². The van der Waals surface area contributed by atoms with Gasteiger partial charge in [-0.3, -0.25) is 4.79 Å². The lowest BCUT2D eigenvalue weighted by atomic mass is 10.1. The number of amides is 1. The van der Waals surface area contributed by atoms with E-state index in [1.807, 2.05) is 11.0 Å². The first-order valence-electron chi connectivity index (χ1n) is 7.02. The van der Waals surface area contributed by atoms with Crippen LogP contribution in [0.2, 0.25) is 0 Å². The lowest BCUT2D eigenvalue weighted by molar-refractivity contribution is -0.129. The second-order valence-corrected chi connectivity index (χ2v) is 5.45. The third kappa shape index (κ3) is 2.95. The van der Waals surface area contributed by atoms with E-state index in [0.29, 0.717) is 24.6 Å². The topological polar surface area (TPSA) is 32.3 Å². The first-order valence-corrected chi connectivity index (χ1v) is 7.02. The number of rotatable bonds is 5. The molecule has 1 N–H and O–H groups in total. The minimum atomic E-state index is -0.179. The minimum Gasteiger partial charge on any atom is -0.341 e. The molecule has 1 amide bonds. The maximum absolute atomic E-state index is 13.5. The van der Waals surface area contributed by atoms with E-state index in [1.54, 1.807) is 12.1 Å². The largest absolute Gasteiger partial charge is 0.341 e. The number of benzene rings is 1. The van der Waals surface area contributed by atoms with Crippen LogP contribution >= 0.6 is 0 Å². The first-order chi connectivity index (χ1) is 9.24. The predicted octanol–water partition coefficient (Wildman–Crippen LogP) is 1.72. The molecule has 3 rings (SSSR count). The van der Waals surface area contributed by atoms with Gasteiger partial charge in [0.15, 0.2) is 0 Å². The lowest BCUT2D eigenvalue weighted by Gasteiger charge is -2.17. The van der Waals surface area contributed by atoms with Gasteiger partial charge in [-0.05, 0) is 37.3 Å². The average Bonchev–Trinajstić information content (AvgIpc) is 3.16.